The summed E-state index contributed by atoms with van der Waals surface area (Å²) in [5.74, 6) is 0.127. The van der Waals surface area contributed by atoms with Crippen LogP contribution in [0.4, 0.5) is 0 Å². The summed E-state index contributed by atoms with van der Waals surface area (Å²) in [6, 6.07) is 0.401. The van der Waals surface area contributed by atoms with Crippen LogP contribution in [0.25, 0.3) is 0 Å². The summed E-state index contributed by atoms with van der Waals surface area (Å²) in [5, 5.41) is 6.49. The fraction of sp³-hybridized carbons (Fsp3) is 0.929. The molecule has 0 radical (unpaired) electrons. The van der Waals surface area contributed by atoms with Crippen LogP contribution in [-0.4, -0.2) is 36.7 Å². The highest BCUT2D eigenvalue weighted by atomic mass is 16.5. The number of carbonyl (C=O) groups is 1. The van der Waals surface area contributed by atoms with E-state index in [-0.39, 0.29) is 17.6 Å². The molecule has 1 aliphatic carbocycles. The predicted molar refractivity (Wildman–Crippen MR) is 71.5 cm³/mol. The first-order valence-electron chi connectivity index (χ1n) is 7.26. The molecule has 2 unspecified atom stereocenters. The minimum atomic E-state index is -0.0517. The van der Waals surface area contributed by atoms with Crippen LogP contribution in [0.1, 0.15) is 52.4 Å². The van der Waals surface area contributed by atoms with E-state index in [4.69, 9.17) is 4.74 Å². The van der Waals surface area contributed by atoms with Gasteiger partial charge in [0.05, 0.1) is 12.6 Å². The van der Waals surface area contributed by atoms with Crippen LogP contribution in [0.15, 0.2) is 0 Å². The first kappa shape index (κ1) is 13.8. The van der Waals surface area contributed by atoms with Crippen molar-refractivity contribution in [1.29, 1.82) is 0 Å². The number of rotatable bonds is 4. The maximum atomic E-state index is 11.9. The summed E-state index contributed by atoms with van der Waals surface area (Å²) >= 11 is 0. The zero-order chi connectivity index (χ0) is 13.0. The van der Waals surface area contributed by atoms with Crippen LogP contribution in [0.3, 0.4) is 0 Å². The predicted octanol–water partition coefficient (Wildman–Crippen LogP) is 1.59. The van der Waals surface area contributed by atoms with Gasteiger partial charge in [0.1, 0.15) is 0 Å². The molecule has 0 aromatic rings. The molecule has 0 bridgehead atoms. The van der Waals surface area contributed by atoms with Crippen LogP contribution in [0.2, 0.25) is 0 Å². The Hall–Kier alpha value is -0.610. The van der Waals surface area contributed by atoms with E-state index < -0.39 is 0 Å². The van der Waals surface area contributed by atoms with E-state index in [2.05, 4.69) is 24.5 Å². The highest BCUT2D eigenvalue weighted by Crippen LogP contribution is 2.24. The lowest BCUT2D eigenvalue weighted by Crippen LogP contribution is -2.52. The zero-order valence-corrected chi connectivity index (χ0v) is 11.6. The second kappa shape index (κ2) is 6.02. The van der Waals surface area contributed by atoms with Gasteiger partial charge in [0, 0.05) is 18.2 Å². The van der Waals surface area contributed by atoms with Gasteiger partial charge in [-0.15, -0.1) is 0 Å². The molecule has 4 nitrogen and oxygen atoms in total. The van der Waals surface area contributed by atoms with Gasteiger partial charge in [0.15, 0.2) is 0 Å². The summed E-state index contributed by atoms with van der Waals surface area (Å²) in [4.78, 5) is 11.9. The first-order chi connectivity index (χ1) is 8.60. The summed E-state index contributed by atoms with van der Waals surface area (Å²) in [7, 11) is 0. The fourth-order valence-electron chi connectivity index (χ4n) is 2.87. The van der Waals surface area contributed by atoms with E-state index in [1.54, 1.807) is 0 Å². The van der Waals surface area contributed by atoms with Crippen molar-refractivity contribution in [2.45, 2.75) is 70.1 Å². The molecular formula is C14H26N2O2. The molecule has 0 spiro atoms. The van der Waals surface area contributed by atoms with Crippen molar-refractivity contribution in [2.75, 3.05) is 13.2 Å². The van der Waals surface area contributed by atoms with E-state index >= 15 is 0 Å². The third-order valence-corrected chi connectivity index (χ3v) is 4.51. The van der Waals surface area contributed by atoms with Gasteiger partial charge in [-0.1, -0.05) is 19.3 Å². The number of ether oxygens (including phenoxy) is 1. The van der Waals surface area contributed by atoms with Gasteiger partial charge in [0.2, 0.25) is 5.91 Å². The van der Waals surface area contributed by atoms with E-state index in [9.17, 15) is 4.79 Å². The highest BCUT2D eigenvalue weighted by molar-refractivity contribution is 5.78. The lowest BCUT2D eigenvalue weighted by Gasteiger charge is -2.29. The van der Waals surface area contributed by atoms with Crippen LogP contribution >= 0.6 is 0 Å². The standard InChI is InChI=1S/C14H26N2O2/c1-11-14(2,8-9-18-11)15-10-13(17)16-12-6-4-3-5-7-12/h11-12,15H,3-10H2,1-2H3,(H,16,17). The first-order valence-corrected chi connectivity index (χ1v) is 7.26. The van der Waals surface area contributed by atoms with Crippen molar-refractivity contribution in [1.82, 2.24) is 10.6 Å². The van der Waals surface area contributed by atoms with Gasteiger partial charge >= 0.3 is 0 Å². The molecule has 0 aromatic heterocycles. The van der Waals surface area contributed by atoms with Crippen LogP contribution in [0, 0.1) is 0 Å². The quantitative estimate of drug-likeness (QED) is 0.801. The number of nitrogens with one attached hydrogen (secondary N) is 2. The van der Waals surface area contributed by atoms with Crippen LogP contribution in [-0.2, 0) is 9.53 Å². The van der Waals surface area contributed by atoms with E-state index in [1.807, 2.05) is 0 Å². The Morgan fingerprint density at radius 3 is 2.67 bits per heavy atom. The Morgan fingerprint density at radius 1 is 1.33 bits per heavy atom. The molecule has 1 amide bonds. The Labute approximate surface area is 110 Å². The second-order valence-electron chi connectivity index (χ2n) is 5.94. The lowest BCUT2D eigenvalue weighted by atomic mass is 9.94. The minimum absolute atomic E-state index is 0.0517. The maximum absolute atomic E-state index is 11.9. The lowest BCUT2D eigenvalue weighted by molar-refractivity contribution is -0.121. The van der Waals surface area contributed by atoms with E-state index in [0.29, 0.717) is 12.6 Å². The topological polar surface area (TPSA) is 50.4 Å². The molecule has 2 atom stereocenters. The smallest absolute Gasteiger partial charge is 0.234 e. The van der Waals surface area contributed by atoms with Gasteiger partial charge < -0.3 is 15.4 Å². The van der Waals surface area contributed by atoms with E-state index in [1.165, 1.54) is 19.3 Å². The molecule has 2 aliphatic rings. The number of carbonyl (C=O) groups excluding carboxylic acids is 1. The van der Waals surface area contributed by atoms with Gasteiger partial charge in [-0.2, -0.15) is 0 Å². The van der Waals surface area contributed by atoms with Crippen LogP contribution < -0.4 is 10.6 Å². The average Bonchev–Trinajstić information content (AvgIpc) is 2.69. The van der Waals surface area contributed by atoms with Crippen molar-refractivity contribution in [2.24, 2.45) is 0 Å². The van der Waals surface area contributed by atoms with Crippen molar-refractivity contribution < 1.29 is 9.53 Å². The highest BCUT2D eigenvalue weighted by Gasteiger charge is 2.36. The summed E-state index contributed by atoms with van der Waals surface area (Å²) < 4.78 is 5.56. The molecule has 4 heteroatoms. The average molecular weight is 254 g/mol. The SMILES string of the molecule is CC1OCCC1(C)NCC(=O)NC1CCCCC1. The molecule has 2 N–H and O–H groups in total. The van der Waals surface area contributed by atoms with Gasteiger partial charge in [0.25, 0.3) is 0 Å². The van der Waals surface area contributed by atoms with Crippen molar-refractivity contribution in [3.63, 3.8) is 0 Å². The molecule has 1 saturated heterocycles. The number of hydrogen-bond donors (Lipinski definition) is 2. The zero-order valence-electron chi connectivity index (χ0n) is 11.6. The maximum Gasteiger partial charge on any atom is 0.234 e. The Balaban J connectivity index is 1.71. The molecule has 1 saturated carbocycles. The molecule has 1 heterocycles. The number of amides is 1. The van der Waals surface area contributed by atoms with Crippen LogP contribution in [0.5, 0.6) is 0 Å². The minimum Gasteiger partial charge on any atom is -0.377 e. The summed E-state index contributed by atoms with van der Waals surface area (Å²) in [5.41, 5.74) is -0.0517. The van der Waals surface area contributed by atoms with Gasteiger partial charge in [-0.3, -0.25) is 4.79 Å². The monoisotopic (exact) mass is 254 g/mol. The largest absolute Gasteiger partial charge is 0.377 e. The Kier molecular flexibility index (Phi) is 4.62. The molecule has 2 rings (SSSR count). The molecule has 104 valence electrons. The normalized spacial score (nSPS) is 33.6. The molecular weight excluding hydrogens is 228 g/mol. The van der Waals surface area contributed by atoms with Crippen molar-refractivity contribution in [3.8, 4) is 0 Å². The Bertz CT molecular complexity index is 290. The Morgan fingerprint density at radius 2 is 2.06 bits per heavy atom. The van der Waals surface area contributed by atoms with Crippen molar-refractivity contribution in [3.05, 3.63) is 0 Å². The number of hydrogen-bond acceptors (Lipinski definition) is 3. The molecule has 2 fully saturated rings. The summed E-state index contributed by atoms with van der Waals surface area (Å²) in [6.45, 7) is 5.40. The summed E-state index contributed by atoms with van der Waals surface area (Å²) in [6.07, 6.45) is 7.26. The molecule has 18 heavy (non-hydrogen) atoms. The van der Waals surface area contributed by atoms with Gasteiger partial charge in [-0.05, 0) is 33.1 Å². The molecule has 0 aromatic carbocycles. The third kappa shape index (κ3) is 3.45. The third-order valence-electron chi connectivity index (χ3n) is 4.51. The van der Waals surface area contributed by atoms with Crippen molar-refractivity contribution >= 4 is 5.91 Å². The van der Waals surface area contributed by atoms with Gasteiger partial charge in [-0.25, -0.2) is 0 Å². The second-order valence-corrected chi connectivity index (χ2v) is 5.94. The van der Waals surface area contributed by atoms with E-state index in [0.717, 1.165) is 25.9 Å². The molecule has 1 aliphatic heterocycles. The fourth-order valence-corrected chi connectivity index (χ4v) is 2.87.